The smallest absolute Gasteiger partial charge is 0.245 e. The second-order valence-electron chi connectivity index (χ2n) is 2.22. The minimum atomic E-state index is -4.66. The highest BCUT2D eigenvalue weighted by molar-refractivity contribution is 7.80. The fourth-order valence-corrected chi connectivity index (χ4v) is 0.749. The third kappa shape index (κ3) is 10.8. The molecule has 0 heterocycles. The average Bonchev–Trinajstić information content (AvgIpc) is 2.16. The number of hydrogen-bond acceptors (Lipinski definition) is 6. The van der Waals surface area contributed by atoms with Crippen molar-refractivity contribution < 1.29 is 27.3 Å². The van der Waals surface area contributed by atoms with Gasteiger partial charge in [0.05, 0.1) is 6.61 Å². The highest BCUT2D eigenvalue weighted by atomic mass is 32.3. The number of aromatic hydroxyl groups is 1. The third-order valence-electron chi connectivity index (χ3n) is 1.01. The number of para-hydroxylation sites is 1. The molecule has 0 aromatic heterocycles. The van der Waals surface area contributed by atoms with Crippen LogP contribution in [0, 0.1) is 0 Å². The van der Waals surface area contributed by atoms with Gasteiger partial charge < -0.3 is 9.66 Å². The molecule has 0 fully saturated rings. The summed E-state index contributed by atoms with van der Waals surface area (Å²) in [6, 6.07) is 8.71. The van der Waals surface area contributed by atoms with E-state index in [0.717, 1.165) is 0 Å². The number of hydrogen-bond donors (Lipinski definition) is 1. The van der Waals surface area contributed by atoms with E-state index in [0.29, 0.717) is 5.75 Å². The molecule has 0 amide bonds. The maximum atomic E-state index is 9.49. The fraction of sp³-hybridized carbons (Fsp3) is 0.250. The Bertz CT molecular complexity index is 347. The summed E-state index contributed by atoms with van der Waals surface area (Å²) in [4.78, 5) is 3.80. The maximum absolute atomic E-state index is 9.49. The summed E-state index contributed by atoms with van der Waals surface area (Å²) >= 11 is 0. The van der Waals surface area contributed by atoms with Crippen molar-refractivity contribution >= 4 is 10.4 Å². The van der Waals surface area contributed by atoms with Gasteiger partial charge in [-0.15, -0.1) is 4.33 Å². The van der Waals surface area contributed by atoms with Gasteiger partial charge in [-0.3, -0.25) is 0 Å². The van der Waals surface area contributed by atoms with Crippen LogP contribution in [0.3, 0.4) is 0 Å². The summed E-state index contributed by atoms with van der Waals surface area (Å²) in [5.41, 5.74) is 0. The van der Waals surface area contributed by atoms with Crippen LogP contribution in [0.4, 0.5) is 0 Å². The van der Waals surface area contributed by atoms with Gasteiger partial charge in [0.1, 0.15) is 5.75 Å². The van der Waals surface area contributed by atoms with Crippen LogP contribution in [-0.2, 0) is 19.6 Å². The van der Waals surface area contributed by atoms with Gasteiger partial charge in [-0.2, -0.15) is 0 Å². The molecular weight excluding hydrogens is 224 g/mol. The largest absolute Gasteiger partial charge is 0.724 e. The summed E-state index contributed by atoms with van der Waals surface area (Å²) in [6.07, 6.45) is 0. The molecule has 0 spiro atoms. The predicted octanol–water partition coefficient (Wildman–Crippen LogP) is 0.807. The zero-order valence-corrected chi connectivity index (χ0v) is 8.81. The van der Waals surface area contributed by atoms with Crippen molar-refractivity contribution in [3.63, 3.8) is 0 Å². The molecule has 15 heavy (non-hydrogen) atoms. The molecule has 6 nitrogen and oxygen atoms in total. The van der Waals surface area contributed by atoms with Crippen LogP contribution in [0.5, 0.6) is 5.75 Å². The topological polar surface area (TPSA) is 95.9 Å². The summed E-state index contributed by atoms with van der Waals surface area (Å²) in [6.45, 7) is 1.52. The number of benzene rings is 1. The van der Waals surface area contributed by atoms with E-state index in [2.05, 4.69) is 9.22 Å². The quantitative estimate of drug-likeness (QED) is 0.360. The Morgan fingerprint density at radius 2 is 1.87 bits per heavy atom. The molecule has 0 atom stereocenters. The Hall–Kier alpha value is -1.15. The van der Waals surface area contributed by atoms with Crippen LogP contribution >= 0.6 is 0 Å². The molecule has 0 saturated carbocycles. The lowest BCUT2D eigenvalue weighted by Crippen LogP contribution is -2.04. The van der Waals surface area contributed by atoms with Crippen LogP contribution in [-0.4, -0.2) is 24.7 Å². The monoisotopic (exact) mass is 235 g/mol. The van der Waals surface area contributed by atoms with Crippen LogP contribution < -0.4 is 0 Å². The lowest BCUT2D eigenvalue weighted by Gasteiger charge is -2.02. The van der Waals surface area contributed by atoms with Gasteiger partial charge in [0.15, 0.2) is 0 Å². The maximum Gasteiger partial charge on any atom is 0.245 e. The molecular formula is C8H11O6S-. The highest BCUT2D eigenvalue weighted by Crippen LogP contribution is 2.02. The van der Waals surface area contributed by atoms with E-state index >= 15 is 0 Å². The summed E-state index contributed by atoms with van der Waals surface area (Å²) in [5.74, 6) is 0.322. The normalized spacial score (nSPS) is 10.3. The van der Waals surface area contributed by atoms with Crippen LogP contribution in [0.15, 0.2) is 30.3 Å². The van der Waals surface area contributed by atoms with Crippen molar-refractivity contribution in [1.82, 2.24) is 0 Å². The van der Waals surface area contributed by atoms with Crippen LogP contribution in [0.1, 0.15) is 6.92 Å². The van der Waals surface area contributed by atoms with Gasteiger partial charge in [-0.25, -0.2) is 13.3 Å². The first kappa shape index (κ1) is 13.8. The lowest BCUT2D eigenvalue weighted by molar-refractivity contribution is -0.203. The minimum absolute atomic E-state index is 0.0292. The molecule has 0 radical (unpaired) electrons. The Morgan fingerprint density at radius 3 is 2.07 bits per heavy atom. The molecule has 0 unspecified atom stereocenters. The van der Waals surface area contributed by atoms with Gasteiger partial charge in [-0.1, -0.05) is 18.2 Å². The molecule has 1 N–H and O–H groups in total. The molecule has 1 aromatic carbocycles. The van der Waals surface area contributed by atoms with Crippen molar-refractivity contribution in [1.29, 1.82) is 0 Å². The van der Waals surface area contributed by atoms with E-state index in [1.54, 1.807) is 24.3 Å². The average molecular weight is 235 g/mol. The zero-order valence-electron chi connectivity index (χ0n) is 7.99. The molecule has 1 rings (SSSR count). The molecule has 86 valence electrons. The Kier molecular flexibility index (Phi) is 6.63. The molecule has 7 heteroatoms. The second-order valence-corrected chi connectivity index (χ2v) is 3.17. The fourth-order valence-electron chi connectivity index (χ4n) is 0.535. The summed E-state index contributed by atoms with van der Waals surface area (Å²) in [5, 5.41) is 8.63. The first-order valence-electron chi connectivity index (χ1n) is 3.96. The van der Waals surface area contributed by atoms with Gasteiger partial charge >= 0.3 is 0 Å². The summed E-state index contributed by atoms with van der Waals surface area (Å²) in [7, 11) is -4.66. The molecule has 0 bridgehead atoms. The first-order chi connectivity index (χ1) is 6.95. The van der Waals surface area contributed by atoms with E-state index in [4.69, 9.17) is 5.11 Å². The number of rotatable bonds is 3. The van der Waals surface area contributed by atoms with Gasteiger partial charge in [-0.05, 0) is 19.1 Å². The molecule has 0 saturated heterocycles. The van der Waals surface area contributed by atoms with Crippen molar-refractivity contribution in [3.05, 3.63) is 30.3 Å². The van der Waals surface area contributed by atoms with Gasteiger partial charge in [0.25, 0.3) is 0 Å². The molecule has 0 aliphatic carbocycles. The van der Waals surface area contributed by atoms with Crippen molar-refractivity contribution in [2.45, 2.75) is 6.92 Å². The number of phenolic OH excluding ortho intramolecular Hbond substituents is 1. The van der Waals surface area contributed by atoms with E-state index in [9.17, 15) is 13.0 Å². The zero-order chi connectivity index (χ0) is 11.7. The SMILES string of the molecule is CCOOS(=O)(=O)[O-].Oc1ccccc1. The standard InChI is InChI=1S/C6H6O.C2H6O5S/c7-6-4-2-1-3-5-6;1-2-6-7-8(3,4)5/h1-5,7H;2H2,1H3,(H,3,4,5)/p-1. The summed E-state index contributed by atoms with van der Waals surface area (Å²) < 4.78 is 31.8. The van der Waals surface area contributed by atoms with E-state index in [1.807, 2.05) is 6.07 Å². The van der Waals surface area contributed by atoms with Crippen LogP contribution in [0.2, 0.25) is 0 Å². The van der Waals surface area contributed by atoms with E-state index < -0.39 is 10.4 Å². The van der Waals surface area contributed by atoms with Crippen molar-refractivity contribution in [3.8, 4) is 5.75 Å². The molecule has 0 aliphatic heterocycles. The predicted molar refractivity (Wildman–Crippen MR) is 50.5 cm³/mol. The Labute approximate surface area is 88.0 Å². The van der Waals surface area contributed by atoms with Crippen LogP contribution in [0.25, 0.3) is 0 Å². The lowest BCUT2D eigenvalue weighted by atomic mass is 10.3. The number of phenols is 1. The first-order valence-corrected chi connectivity index (χ1v) is 5.30. The van der Waals surface area contributed by atoms with E-state index in [-0.39, 0.29) is 6.61 Å². The molecule has 0 aliphatic rings. The van der Waals surface area contributed by atoms with Gasteiger partial charge in [0, 0.05) is 0 Å². The van der Waals surface area contributed by atoms with Crippen molar-refractivity contribution in [2.75, 3.05) is 6.61 Å². The minimum Gasteiger partial charge on any atom is -0.724 e. The third-order valence-corrected chi connectivity index (χ3v) is 1.27. The molecule has 1 aromatic rings. The van der Waals surface area contributed by atoms with Gasteiger partial charge in [0.2, 0.25) is 10.4 Å². The Morgan fingerprint density at radius 1 is 1.33 bits per heavy atom. The van der Waals surface area contributed by atoms with E-state index in [1.165, 1.54) is 6.92 Å². The highest BCUT2D eigenvalue weighted by Gasteiger charge is 1.90. The second kappa shape index (κ2) is 7.18. The Balaban J connectivity index is 0.000000262. The van der Waals surface area contributed by atoms with Crippen molar-refractivity contribution in [2.24, 2.45) is 0 Å².